The van der Waals surface area contributed by atoms with Gasteiger partial charge in [0.15, 0.2) is 0 Å². The fourth-order valence-electron chi connectivity index (χ4n) is 1.45. The first-order chi connectivity index (χ1) is 8.93. The number of anilines is 1. The Bertz CT molecular complexity index is 458. The first-order valence-electron chi connectivity index (χ1n) is 5.60. The van der Waals surface area contributed by atoms with Gasteiger partial charge in [-0.2, -0.15) is 0 Å². The Balaban J connectivity index is 2.53. The van der Waals surface area contributed by atoms with Crippen LogP contribution in [0, 0.1) is 11.6 Å². The Hall–Kier alpha value is -1.21. The number of carbonyl (C=O) groups is 1. The van der Waals surface area contributed by atoms with E-state index in [0.29, 0.717) is 6.61 Å². The molecule has 0 saturated carbocycles. The lowest BCUT2D eigenvalue weighted by Gasteiger charge is -2.14. The van der Waals surface area contributed by atoms with Crippen LogP contribution in [0.5, 0.6) is 0 Å². The number of hydrogen-bond donors (Lipinski definition) is 2. The number of ether oxygens (including phenoxy) is 1. The molecular formula is C12H15BrF2N2O2. The standard InChI is InChI=1S/C12H15BrF2N2O2/c1-7(6-19-2)17-12(18)5-16-11-4-9(14)8(13)3-10(11)15/h3-4,7,16H,5-6H2,1-2H3,(H,17,18). The molecule has 106 valence electrons. The molecule has 4 nitrogen and oxygen atoms in total. The van der Waals surface area contributed by atoms with Crippen LogP contribution in [-0.4, -0.2) is 32.2 Å². The fourth-order valence-corrected chi connectivity index (χ4v) is 1.77. The van der Waals surface area contributed by atoms with Gasteiger partial charge in [0.05, 0.1) is 23.3 Å². The molecule has 0 bridgehead atoms. The average molecular weight is 337 g/mol. The summed E-state index contributed by atoms with van der Waals surface area (Å²) in [6.07, 6.45) is 0. The summed E-state index contributed by atoms with van der Waals surface area (Å²) in [7, 11) is 1.53. The summed E-state index contributed by atoms with van der Waals surface area (Å²) in [4.78, 5) is 11.5. The Labute approximate surface area is 118 Å². The Morgan fingerprint density at radius 3 is 2.74 bits per heavy atom. The number of methoxy groups -OCH3 is 1. The van der Waals surface area contributed by atoms with Crippen LogP contribution in [0.15, 0.2) is 16.6 Å². The second-order valence-corrected chi connectivity index (χ2v) is 4.88. The molecule has 1 unspecified atom stereocenters. The summed E-state index contributed by atoms with van der Waals surface area (Å²) in [5, 5.41) is 5.18. The van der Waals surface area contributed by atoms with Crippen LogP contribution in [-0.2, 0) is 9.53 Å². The molecule has 0 fully saturated rings. The molecule has 0 aliphatic rings. The summed E-state index contributed by atoms with van der Waals surface area (Å²) in [6.45, 7) is 2.01. The van der Waals surface area contributed by atoms with E-state index in [2.05, 4.69) is 26.6 Å². The van der Waals surface area contributed by atoms with Crippen molar-refractivity contribution >= 4 is 27.5 Å². The minimum atomic E-state index is -0.633. The summed E-state index contributed by atoms with van der Waals surface area (Å²) in [6, 6.07) is 1.85. The predicted molar refractivity (Wildman–Crippen MR) is 72.0 cm³/mol. The largest absolute Gasteiger partial charge is 0.383 e. The van der Waals surface area contributed by atoms with Crippen molar-refractivity contribution in [3.63, 3.8) is 0 Å². The zero-order valence-corrected chi connectivity index (χ0v) is 12.2. The van der Waals surface area contributed by atoms with E-state index in [-0.39, 0.29) is 28.7 Å². The van der Waals surface area contributed by atoms with E-state index in [4.69, 9.17) is 4.74 Å². The topological polar surface area (TPSA) is 50.4 Å². The molecule has 1 aromatic rings. The van der Waals surface area contributed by atoms with E-state index < -0.39 is 11.6 Å². The molecule has 1 atom stereocenters. The molecule has 0 radical (unpaired) electrons. The van der Waals surface area contributed by atoms with Crippen LogP contribution in [0.2, 0.25) is 0 Å². The average Bonchev–Trinajstić information content (AvgIpc) is 2.32. The van der Waals surface area contributed by atoms with Crippen LogP contribution in [0.4, 0.5) is 14.5 Å². The summed E-state index contributed by atoms with van der Waals surface area (Å²) in [5.41, 5.74) is -0.0600. The van der Waals surface area contributed by atoms with Crippen molar-refractivity contribution in [3.05, 3.63) is 28.2 Å². The minimum absolute atomic E-state index is 0.0359. The van der Waals surface area contributed by atoms with Gasteiger partial charge in [0.1, 0.15) is 11.6 Å². The highest BCUT2D eigenvalue weighted by Crippen LogP contribution is 2.23. The summed E-state index contributed by atoms with van der Waals surface area (Å²) < 4.78 is 31.6. The van der Waals surface area contributed by atoms with Crippen LogP contribution in [0.25, 0.3) is 0 Å². The van der Waals surface area contributed by atoms with Crippen LogP contribution in [0.1, 0.15) is 6.92 Å². The van der Waals surface area contributed by atoms with Crippen molar-refractivity contribution in [2.75, 3.05) is 25.6 Å². The second-order valence-electron chi connectivity index (χ2n) is 4.02. The maximum absolute atomic E-state index is 13.5. The molecule has 19 heavy (non-hydrogen) atoms. The van der Waals surface area contributed by atoms with Crippen molar-refractivity contribution in [1.29, 1.82) is 0 Å². The molecule has 1 rings (SSSR count). The van der Waals surface area contributed by atoms with Gasteiger partial charge in [-0.25, -0.2) is 8.78 Å². The first-order valence-corrected chi connectivity index (χ1v) is 6.40. The van der Waals surface area contributed by atoms with Crippen molar-refractivity contribution in [2.24, 2.45) is 0 Å². The van der Waals surface area contributed by atoms with Crippen LogP contribution < -0.4 is 10.6 Å². The third-order valence-corrected chi connectivity index (χ3v) is 2.88. The second kappa shape index (κ2) is 7.40. The van der Waals surface area contributed by atoms with Crippen LogP contribution in [0.3, 0.4) is 0 Å². The van der Waals surface area contributed by atoms with Crippen molar-refractivity contribution in [1.82, 2.24) is 5.32 Å². The molecule has 0 saturated heterocycles. The summed E-state index contributed by atoms with van der Waals surface area (Å²) in [5.74, 6) is -1.56. The van der Waals surface area contributed by atoms with Gasteiger partial charge in [-0.15, -0.1) is 0 Å². The highest BCUT2D eigenvalue weighted by Gasteiger charge is 2.10. The molecule has 1 aromatic carbocycles. The molecule has 1 amide bonds. The lowest BCUT2D eigenvalue weighted by molar-refractivity contribution is -0.120. The number of amides is 1. The maximum Gasteiger partial charge on any atom is 0.239 e. The van der Waals surface area contributed by atoms with Gasteiger partial charge in [-0.05, 0) is 28.9 Å². The number of hydrogen-bond acceptors (Lipinski definition) is 3. The smallest absolute Gasteiger partial charge is 0.239 e. The van der Waals surface area contributed by atoms with E-state index >= 15 is 0 Å². The van der Waals surface area contributed by atoms with E-state index in [1.165, 1.54) is 7.11 Å². The Morgan fingerprint density at radius 2 is 2.11 bits per heavy atom. The highest BCUT2D eigenvalue weighted by molar-refractivity contribution is 9.10. The predicted octanol–water partition coefficient (Wildman–Crippen LogP) is 2.29. The van der Waals surface area contributed by atoms with Gasteiger partial charge in [0.2, 0.25) is 5.91 Å². The maximum atomic E-state index is 13.5. The Kier molecular flexibility index (Phi) is 6.17. The van der Waals surface area contributed by atoms with Crippen LogP contribution >= 0.6 is 15.9 Å². The minimum Gasteiger partial charge on any atom is -0.383 e. The number of nitrogens with one attached hydrogen (secondary N) is 2. The molecular weight excluding hydrogens is 322 g/mol. The lowest BCUT2D eigenvalue weighted by atomic mass is 10.3. The van der Waals surface area contributed by atoms with E-state index in [0.717, 1.165) is 12.1 Å². The van der Waals surface area contributed by atoms with Crippen molar-refractivity contribution in [3.8, 4) is 0 Å². The molecule has 0 heterocycles. The third-order valence-electron chi connectivity index (χ3n) is 2.27. The quantitative estimate of drug-likeness (QED) is 0.783. The van der Waals surface area contributed by atoms with Crippen molar-refractivity contribution in [2.45, 2.75) is 13.0 Å². The van der Waals surface area contributed by atoms with Crippen molar-refractivity contribution < 1.29 is 18.3 Å². The fraction of sp³-hybridized carbons (Fsp3) is 0.417. The number of rotatable bonds is 6. The zero-order chi connectivity index (χ0) is 14.4. The SMILES string of the molecule is COCC(C)NC(=O)CNc1cc(F)c(Br)cc1F. The first kappa shape index (κ1) is 15.8. The molecule has 0 spiro atoms. The lowest BCUT2D eigenvalue weighted by Crippen LogP contribution is -2.39. The molecule has 0 aliphatic carbocycles. The Morgan fingerprint density at radius 1 is 1.42 bits per heavy atom. The molecule has 7 heteroatoms. The number of carbonyl (C=O) groups excluding carboxylic acids is 1. The van der Waals surface area contributed by atoms with E-state index in [1.807, 2.05) is 0 Å². The molecule has 2 N–H and O–H groups in total. The third kappa shape index (κ3) is 5.12. The van der Waals surface area contributed by atoms with Gasteiger partial charge in [0.25, 0.3) is 0 Å². The molecule has 0 aliphatic heterocycles. The van der Waals surface area contributed by atoms with Gasteiger partial charge >= 0.3 is 0 Å². The highest BCUT2D eigenvalue weighted by atomic mass is 79.9. The van der Waals surface area contributed by atoms with Gasteiger partial charge in [-0.1, -0.05) is 0 Å². The molecule has 0 aromatic heterocycles. The zero-order valence-electron chi connectivity index (χ0n) is 10.6. The summed E-state index contributed by atoms with van der Waals surface area (Å²) >= 11 is 2.87. The van der Waals surface area contributed by atoms with E-state index in [1.54, 1.807) is 6.92 Å². The monoisotopic (exact) mass is 336 g/mol. The van der Waals surface area contributed by atoms with Gasteiger partial charge < -0.3 is 15.4 Å². The number of halogens is 3. The van der Waals surface area contributed by atoms with Gasteiger partial charge in [-0.3, -0.25) is 4.79 Å². The van der Waals surface area contributed by atoms with E-state index in [9.17, 15) is 13.6 Å². The van der Waals surface area contributed by atoms with Gasteiger partial charge in [0, 0.05) is 19.2 Å². The normalized spacial score (nSPS) is 12.1. The number of benzene rings is 1.